The van der Waals surface area contributed by atoms with Crippen LogP contribution >= 0.6 is 0 Å². The molecule has 6 nitrogen and oxygen atoms in total. The molecular weight excluding hydrogens is 356 g/mol. The second kappa shape index (κ2) is 7.92. The van der Waals surface area contributed by atoms with Crippen molar-refractivity contribution in [2.45, 2.75) is 6.54 Å². The van der Waals surface area contributed by atoms with Gasteiger partial charge in [0.2, 0.25) is 6.79 Å². The van der Waals surface area contributed by atoms with Crippen LogP contribution in [0.2, 0.25) is 0 Å². The standard InChI is InChI=1S/C22H20N2O4/c1-26-19-10-8-16(22(25)24-17-5-3-2-4-6-17)12-18(19)23-13-15-7-9-20-21(11-15)28-14-27-20/h2-12,23H,13-14H2,1H3,(H,24,25). The van der Waals surface area contributed by atoms with Gasteiger partial charge in [0.25, 0.3) is 5.91 Å². The minimum atomic E-state index is -0.181. The molecular formula is C22H20N2O4. The van der Waals surface area contributed by atoms with Crippen molar-refractivity contribution in [2.75, 3.05) is 24.5 Å². The molecule has 4 rings (SSSR count). The van der Waals surface area contributed by atoms with E-state index in [2.05, 4.69) is 10.6 Å². The third kappa shape index (κ3) is 3.86. The Morgan fingerprint density at radius 2 is 1.82 bits per heavy atom. The zero-order valence-corrected chi connectivity index (χ0v) is 15.4. The molecule has 28 heavy (non-hydrogen) atoms. The van der Waals surface area contributed by atoms with Crippen LogP contribution in [0.15, 0.2) is 66.7 Å². The summed E-state index contributed by atoms with van der Waals surface area (Å²) in [4.78, 5) is 12.6. The van der Waals surface area contributed by atoms with E-state index in [0.717, 1.165) is 28.4 Å². The van der Waals surface area contributed by atoms with E-state index in [1.807, 2.05) is 48.5 Å². The number of amides is 1. The minimum Gasteiger partial charge on any atom is -0.495 e. The van der Waals surface area contributed by atoms with Gasteiger partial charge >= 0.3 is 0 Å². The van der Waals surface area contributed by atoms with Gasteiger partial charge in [-0.15, -0.1) is 0 Å². The number of carbonyl (C=O) groups is 1. The van der Waals surface area contributed by atoms with Crippen molar-refractivity contribution in [3.8, 4) is 17.2 Å². The lowest BCUT2D eigenvalue weighted by Crippen LogP contribution is -2.12. The van der Waals surface area contributed by atoms with Gasteiger partial charge in [-0.25, -0.2) is 0 Å². The van der Waals surface area contributed by atoms with Gasteiger partial charge in [0.05, 0.1) is 12.8 Å². The maximum Gasteiger partial charge on any atom is 0.255 e. The summed E-state index contributed by atoms with van der Waals surface area (Å²) in [5.41, 5.74) is 3.06. The van der Waals surface area contributed by atoms with Crippen molar-refractivity contribution in [1.29, 1.82) is 0 Å². The molecule has 1 amide bonds. The Labute approximate surface area is 163 Å². The summed E-state index contributed by atoms with van der Waals surface area (Å²) in [5.74, 6) is 1.97. The third-order valence-corrected chi connectivity index (χ3v) is 4.41. The first-order valence-corrected chi connectivity index (χ1v) is 8.90. The number of para-hydroxylation sites is 1. The highest BCUT2D eigenvalue weighted by molar-refractivity contribution is 6.05. The van der Waals surface area contributed by atoms with Crippen LogP contribution in [0.3, 0.4) is 0 Å². The highest BCUT2D eigenvalue weighted by Gasteiger charge is 2.14. The van der Waals surface area contributed by atoms with Gasteiger partial charge in [0, 0.05) is 17.8 Å². The van der Waals surface area contributed by atoms with Crippen LogP contribution in [-0.2, 0) is 6.54 Å². The second-order valence-corrected chi connectivity index (χ2v) is 6.28. The molecule has 2 N–H and O–H groups in total. The highest BCUT2D eigenvalue weighted by atomic mass is 16.7. The number of ether oxygens (including phenoxy) is 3. The second-order valence-electron chi connectivity index (χ2n) is 6.28. The van der Waals surface area contributed by atoms with Crippen molar-refractivity contribution >= 4 is 17.3 Å². The first-order chi connectivity index (χ1) is 13.7. The van der Waals surface area contributed by atoms with Gasteiger partial charge in [-0.3, -0.25) is 4.79 Å². The largest absolute Gasteiger partial charge is 0.495 e. The molecule has 0 unspecified atom stereocenters. The summed E-state index contributed by atoms with van der Waals surface area (Å²) in [6.07, 6.45) is 0. The van der Waals surface area contributed by atoms with Gasteiger partial charge in [0.1, 0.15) is 5.75 Å². The Hall–Kier alpha value is -3.67. The van der Waals surface area contributed by atoms with Gasteiger partial charge in [-0.05, 0) is 48.0 Å². The fourth-order valence-corrected chi connectivity index (χ4v) is 2.96. The van der Waals surface area contributed by atoms with Crippen LogP contribution in [0.25, 0.3) is 0 Å². The van der Waals surface area contributed by atoms with Crippen LogP contribution in [-0.4, -0.2) is 19.8 Å². The Balaban J connectivity index is 1.49. The van der Waals surface area contributed by atoms with E-state index in [-0.39, 0.29) is 12.7 Å². The average molecular weight is 376 g/mol. The monoisotopic (exact) mass is 376 g/mol. The summed E-state index contributed by atoms with van der Waals surface area (Å²) in [6, 6.07) is 20.5. The van der Waals surface area contributed by atoms with Crippen LogP contribution in [0, 0.1) is 0 Å². The Morgan fingerprint density at radius 3 is 2.64 bits per heavy atom. The fraction of sp³-hybridized carbons (Fsp3) is 0.136. The third-order valence-electron chi connectivity index (χ3n) is 4.41. The van der Waals surface area contributed by atoms with Crippen molar-refractivity contribution in [1.82, 2.24) is 0 Å². The molecule has 0 saturated carbocycles. The van der Waals surface area contributed by atoms with E-state index in [1.54, 1.807) is 25.3 Å². The van der Waals surface area contributed by atoms with Gasteiger partial charge in [0.15, 0.2) is 11.5 Å². The summed E-state index contributed by atoms with van der Waals surface area (Å²) in [6.45, 7) is 0.801. The quantitative estimate of drug-likeness (QED) is 0.672. The lowest BCUT2D eigenvalue weighted by Gasteiger charge is -2.13. The number of benzene rings is 3. The molecule has 1 heterocycles. The molecule has 6 heteroatoms. The molecule has 0 saturated heterocycles. The number of hydrogen-bond donors (Lipinski definition) is 2. The first kappa shape index (κ1) is 17.7. The van der Waals surface area contributed by atoms with E-state index in [1.165, 1.54) is 0 Å². The van der Waals surface area contributed by atoms with E-state index in [0.29, 0.717) is 17.9 Å². The fourth-order valence-electron chi connectivity index (χ4n) is 2.96. The molecule has 1 aliphatic rings. The maximum atomic E-state index is 12.6. The molecule has 3 aromatic carbocycles. The van der Waals surface area contributed by atoms with Gasteiger partial charge in [-0.1, -0.05) is 24.3 Å². The van der Waals surface area contributed by atoms with Crippen LogP contribution in [0.1, 0.15) is 15.9 Å². The number of fused-ring (bicyclic) bond motifs is 1. The highest BCUT2D eigenvalue weighted by Crippen LogP contribution is 2.33. The minimum absolute atomic E-state index is 0.181. The smallest absolute Gasteiger partial charge is 0.255 e. The number of methoxy groups -OCH3 is 1. The van der Waals surface area contributed by atoms with Crippen LogP contribution in [0.5, 0.6) is 17.2 Å². The molecule has 0 atom stereocenters. The molecule has 142 valence electrons. The van der Waals surface area contributed by atoms with E-state index in [9.17, 15) is 4.79 Å². The number of hydrogen-bond acceptors (Lipinski definition) is 5. The molecule has 0 aliphatic carbocycles. The normalized spacial score (nSPS) is 11.8. The Morgan fingerprint density at radius 1 is 1.00 bits per heavy atom. The lowest BCUT2D eigenvalue weighted by molar-refractivity contribution is 0.102. The zero-order valence-electron chi connectivity index (χ0n) is 15.4. The molecule has 0 spiro atoms. The summed E-state index contributed by atoms with van der Waals surface area (Å²) < 4.78 is 16.2. The van der Waals surface area contributed by atoms with E-state index in [4.69, 9.17) is 14.2 Å². The Bertz CT molecular complexity index is 989. The summed E-state index contributed by atoms with van der Waals surface area (Å²) >= 11 is 0. The maximum absolute atomic E-state index is 12.6. The van der Waals surface area contributed by atoms with Crippen molar-refractivity contribution in [3.63, 3.8) is 0 Å². The molecule has 3 aromatic rings. The number of nitrogens with one attached hydrogen (secondary N) is 2. The van der Waals surface area contributed by atoms with Crippen molar-refractivity contribution < 1.29 is 19.0 Å². The average Bonchev–Trinajstić information content (AvgIpc) is 3.20. The lowest BCUT2D eigenvalue weighted by atomic mass is 10.1. The van der Waals surface area contributed by atoms with Crippen molar-refractivity contribution in [2.24, 2.45) is 0 Å². The Kier molecular flexibility index (Phi) is 5.01. The van der Waals surface area contributed by atoms with Gasteiger partial charge < -0.3 is 24.8 Å². The topological polar surface area (TPSA) is 68.8 Å². The summed E-state index contributed by atoms with van der Waals surface area (Å²) in [5, 5.41) is 6.22. The molecule has 0 radical (unpaired) electrons. The SMILES string of the molecule is COc1ccc(C(=O)Nc2ccccc2)cc1NCc1ccc2c(c1)OCO2. The first-order valence-electron chi connectivity index (χ1n) is 8.90. The van der Waals surface area contributed by atoms with E-state index >= 15 is 0 Å². The van der Waals surface area contributed by atoms with E-state index < -0.39 is 0 Å². The van der Waals surface area contributed by atoms with Crippen LogP contribution < -0.4 is 24.8 Å². The molecule has 0 aromatic heterocycles. The predicted octanol–water partition coefficient (Wildman–Crippen LogP) is 4.29. The zero-order chi connectivity index (χ0) is 19.3. The number of rotatable bonds is 6. The van der Waals surface area contributed by atoms with Crippen LogP contribution in [0.4, 0.5) is 11.4 Å². The molecule has 0 bridgehead atoms. The molecule has 0 fully saturated rings. The number of carbonyl (C=O) groups excluding carboxylic acids is 1. The molecule has 1 aliphatic heterocycles. The van der Waals surface area contributed by atoms with Crippen molar-refractivity contribution in [3.05, 3.63) is 77.9 Å². The predicted molar refractivity (Wildman–Crippen MR) is 107 cm³/mol. The number of anilines is 2. The summed E-state index contributed by atoms with van der Waals surface area (Å²) in [7, 11) is 1.60. The van der Waals surface area contributed by atoms with Gasteiger partial charge in [-0.2, -0.15) is 0 Å².